The van der Waals surface area contributed by atoms with Gasteiger partial charge in [-0.25, -0.2) is 8.42 Å². The number of aryl methyl sites for hydroxylation is 1. The van der Waals surface area contributed by atoms with Crippen LogP contribution in [-0.2, 0) is 14.8 Å². The number of halogens is 1. The van der Waals surface area contributed by atoms with Gasteiger partial charge in [0, 0.05) is 5.02 Å². The van der Waals surface area contributed by atoms with Crippen LogP contribution >= 0.6 is 11.6 Å². The number of hydrogen-bond donors (Lipinski definition) is 1. The van der Waals surface area contributed by atoms with Crippen LogP contribution in [0.2, 0.25) is 5.02 Å². The number of amides is 1. The molecule has 0 aliphatic heterocycles. The minimum atomic E-state index is -3.69. The van der Waals surface area contributed by atoms with Crippen LogP contribution in [0.5, 0.6) is 5.75 Å². The molecule has 8 heteroatoms. The summed E-state index contributed by atoms with van der Waals surface area (Å²) in [6.07, 6.45) is 1.40. The highest BCUT2D eigenvalue weighted by Crippen LogP contribution is 2.24. The molecule has 1 N–H and O–H groups in total. The number of anilines is 1. The van der Waals surface area contributed by atoms with Gasteiger partial charge in [0.05, 0.1) is 18.0 Å². The van der Waals surface area contributed by atoms with Crippen molar-refractivity contribution in [1.82, 2.24) is 5.32 Å². The second kappa shape index (κ2) is 9.98. The lowest BCUT2D eigenvalue weighted by Crippen LogP contribution is -2.52. The van der Waals surface area contributed by atoms with Crippen molar-refractivity contribution >= 4 is 33.2 Å². The lowest BCUT2D eigenvalue weighted by atomic mass is 10.1. The summed E-state index contributed by atoms with van der Waals surface area (Å²) in [5, 5.41) is 3.35. The number of carbonyl (C=O) groups excluding carboxylic acids is 1. The van der Waals surface area contributed by atoms with Crippen LogP contribution in [0.3, 0.4) is 0 Å². The molecule has 0 spiro atoms. The SMILES string of the molecule is CC[C@@H](C(=O)N[C@H](C)COc1ccccc1C)N(c1ccc(Cl)cc1)S(C)(=O)=O. The zero-order valence-corrected chi connectivity index (χ0v) is 18.6. The van der Waals surface area contributed by atoms with Crippen molar-refractivity contribution in [3.8, 4) is 5.75 Å². The number of carbonyl (C=O) groups is 1. The van der Waals surface area contributed by atoms with E-state index < -0.39 is 16.1 Å². The van der Waals surface area contributed by atoms with Crippen LogP contribution in [-0.4, -0.2) is 39.3 Å². The van der Waals surface area contributed by atoms with Crippen molar-refractivity contribution in [1.29, 1.82) is 0 Å². The fraction of sp³-hybridized carbons (Fsp3) is 0.381. The number of ether oxygens (including phenoxy) is 1. The average molecular weight is 439 g/mol. The van der Waals surface area contributed by atoms with Crippen molar-refractivity contribution in [2.75, 3.05) is 17.2 Å². The van der Waals surface area contributed by atoms with Crippen LogP contribution in [0.1, 0.15) is 25.8 Å². The van der Waals surface area contributed by atoms with E-state index in [1.54, 1.807) is 31.2 Å². The Bertz CT molecular complexity index is 932. The predicted octanol–water partition coefficient (Wildman–Crippen LogP) is 3.78. The lowest BCUT2D eigenvalue weighted by Gasteiger charge is -2.31. The van der Waals surface area contributed by atoms with Crippen LogP contribution in [0.25, 0.3) is 0 Å². The zero-order chi connectivity index (χ0) is 21.6. The fourth-order valence-corrected chi connectivity index (χ4v) is 4.30. The molecule has 158 valence electrons. The standard InChI is InChI=1S/C21H27ClN2O4S/c1-5-19(24(29(4,26)27)18-12-10-17(22)11-13-18)21(25)23-16(3)14-28-20-9-7-6-8-15(20)2/h6-13,16,19H,5,14H2,1-4H3,(H,23,25)/t16-,19+/m1/s1. The second-order valence-electron chi connectivity index (χ2n) is 6.95. The van der Waals surface area contributed by atoms with Crippen molar-refractivity contribution in [3.63, 3.8) is 0 Å². The average Bonchev–Trinajstić information content (AvgIpc) is 2.65. The molecule has 0 aliphatic carbocycles. The first kappa shape index (κ1) is 23.0. The Kier molecular flexibility index (Phi) is 7.93. The van der Waals surface area contributed by atoms with Gasteiger partial charge in [0.1, 0.15) is 18.4 Å². The first-order valence-corrected chi connectivity index (χ1v) is 11.6. The van der Waals surface area contributed by atoms with Crippen molar-refractivity contribution in [3.05, 3.63) is 59.1 Å². The smallest absolute Gasteiger partial charge is 0.244 e. The Hall–Kier alpha value is -2.25. The second-order valence-corrected chi connectivity index (χ2v) is 9.24. The van der Waals surface area contributed by atoms with E-state index in [2.05, 4.69) is 5.32 Å². The van der Waals surface area contributed by atoms with Gasteiger partial charge in [0.15, 0.2) is 0 Å². The van der Waals surface area contributed by atoms with Crippen molar-refractivity contribution in [2.45, 2.75) is 39.3 Å². The molecule has 0 fully saturated rings. The largest absolute Gasteiger partial charge is 0.491 e. The first-order valence-electron chi connectivity index (χ1n) is 9.37. The van der Waals surface area contributed by atoms with E-state index in [1.807, 2.05) is 38.1 Å². The molecule has 0 unspecified atom stereocenters. The van der Waals surface area contributed by atoms with E-state index >= 15 is 0 Å². The number of para-hydroxylation sites is 1. The molecule has 6 nitrogen and oxygen atoms in total. The molecular formula is C21H27ClN2O4S. The number of hydrogen-bond acceptors (Lipinski definition) is 4. The fourth-order valence-electron chi connectivity index (χ4n) is 2.96. The Morgan fingerprint density at radius 1 is 1.17 bits per heavy atom. The Balaban J connectivity index is 2.12. The van der Waals surface area contributed by atoms with Crippen LogP contribution < -0.4 is 14.4 Å². The van der Waals surface area contributed by atoms with E-state index in [0.717, 1.165) is 21.9 Å². The van der Waals surface area contributed by atoms with Gasteiger partial charge in [0.25, 0.3) is 0 Å². The first-order chi connectivity index (χ1) is 13.6. The number of benzene rings is 2. The predicted molar refractivity (Wildman–Crippen MR) is 117 cm³/mol. The molecular weight excluding hydrogens is 412 g/mol. The summed E-state index contributed by atoms with van der Waals surface area (Å²) in [4.78, 5) is 12.9. The molecule has 0 aliphatic rings. The Morgan fingerprint density at radius 2 is 1.79 bits per heavy atom. The van der Waals surface area contributed by atoms with E-state index in [4.69, 9.17) is 16.3 Å². The molecule has 0 heterocycles. The molecule has 0 saturated carbocycles. The maximum atomic E-state index is 12.9. The van der Waals surface area contributed by atoms with Gasteiger partial charge >= 0.3 is 0 Å². The van der Waals surface area contributed by atoms with E-state index in [1.165, 1.54) is 0 Å². The highest BCUT2D eigenvalue weighted by molar-refractivity contribution is 7.92. The van der Waals surface area contributed by atoms with Gasteiger partial charge in [-0.15, -0.1) is 0 Å². The van der Waals surface area contributed by atoms with E-state index in [0.29, 0.717) is 17.1 Å². The summed E-state index contributed by atoms with van der Waals surface area (Å²) >= 11 is 5.91. The molecule has 2 aromatic carbocycles. The molecule has 1 amide bonds. The van der Waals surface area contributed by atoms with Crippen molar-refractivity contribution in [2.24, 2.45) is 0 Å². The summed E-state index contributed by atoms with van der Waals surface area (Å²) in [6, 6.07) is 12.8. The molecule has 2 rings (SSSR count). The monoisotopic (exact) mass is 438 g/mol. The van der Waals surface area contributed by atoms with Crippen LogP contribution in [0.4, 0.5) is 5.69 Å². The molecule has 0 radical (unpaired) electrons. The Morgan fingerprint density at radius 3 is 2.34 bits per heavy atom. The van der Waals surface area contributed by atoms with Gasteiger partial charge in [0.2, 0.25) is 15.9 Å². The molecule has 2 aromatic rings. The Labute approximate surface area is 177 Å². The quantitative estimate of drug-likeness (QED) is 0.646. The highest BCUT2D eigenvalue weighted by Gasteiger charge is 2.32. The normalized spacial score (nSPS) is 13.4. The van der Waals surface area contributed by atoms with E-state index in [-0.39, 0.29) is 18.6 Å². The summed E-state index contributed by atoms with van der Waals surface area (Å²) in [6.45, 7) is 5.80. The van der Waals surface area contributed by atoms with E-state index in [9.17, 15) is 13.2 Å². The topological polar surface area (TPSA) is 75.7 Å². The maximum absolute atomic E-state index is 12.9. The van der Waals surface area contributed by atoms with Gasteiger partial charge in [-0.05, 0) is 56.2 Å². The number of nitrogens with one attached hydrogen (secondary N) is 1. The van der Waals surface area contributed by atoms with Gasteiger partial charge < -0.3 is 10.1 Å². The third-order valence-corrected chi connectivity index (χ3v) is 5.81. The number of sulfonamides is 1. The van der Waals surface area contributed by atoms with Crippen LogP contribution in [0.15, 0.2) is 48.5 Å². The summed E-state index contributed by atoms with van der Waals surface area (Å²) in [5.74, 6) is 0.369. The van der Waals surface area contributed by atoms with Gasteiger partial charge in [-0.1, -0.05) is 36.7 Å². The summed E-state index contributed by atoms with van der Waals surface area (Å²) in [5.41, 5.74) is 1.39. The maximum Gasteiger partial charge on any atom is 0.244 e. The molecule has 0 saturated heterocycles. The minimum absolute atomic E-state index is 0.271. The molecule has 29 heavy (non-hydrogen) atoms. The third kappa shape index (κ3) is 6.37. The summed E-state index contributed by atoms with van der Waals surface area (Å²) in [7, 11) is -3.69. The third-order valence-electron chi connectivity index (χ3n) is 4.38. The molecule has 0 bridgehead atoms. The van der Waals surface area contributed by atoms with Crippen LogP contribution in [0, 0.1) is 6.92 Å². The molecule has 0 aromatic heterocycles. The molecule has 2 atom stereocenters. The number of rotatable bonds is 9. The summed E-state index contributed by atoms with van der Waals surface area (Å²) < 4.78 is 31.8. The zero-order valence-electron chi connectivity index (χ0n) is 17.1. The van der Waals surface area contributed by atoms with Crippen molar-refractivity contribution < 1.29 is 17.9 Å². The highest BCUT2D eigenvalue weighted by atomic mass is 35.5. The van der Waals surface area contributed by atoms with Gasteiger partial charge in [-0.2, -0.15) is 0 Å². The lowest BCUT2D eigenvalue weighted by molar-refractivity contribution is -0.123. The number of nitrogens with zero attached hydrogens (tertiary/aromatic N) is 1. The minimum Gasteiger partial charge on any atom is -0.491 e. The van der Waals surface area contributed by atoms with Gasteiger partial charge in [-0.3, -0.25) is 9.10 Å².